The highest BCUT2D eigenvalue weighted by Gasteiger charge is 2.48. The van der Waals surface area contributed by atoms with Crippen LogP contribution in [0.2, 0.25) is 0 Å². The summed E-state index contributed by atoms with van der Waals surface area (Å²) in [6.45, 7) is 0.0723. The molecule has 3 fully saturated rings. The highest BCUT2D eigenvalue weighted by Crippen LogP contribution is 2.49. The van der Waals surface area contributed by atoms with Crippen molar-refractivity contribution in [1.82, 2.24) is 4.90 Å². The predicted octanol–water partition coefficient (Wildman–Crippen LogP) is 5.40. The van der Waals surface area contributed by atoms with Crippen LogP contribution in [-0.2, 0) is 11.2 Å². The SMILES string of the molecule is O=C1C(=Cc2oc(-c3ccc(F)cc3)cc2CCCO)SC(=S)N1C1CC2CCC1C2. The quantitative estimate of drug-likeness (QED) is 0.465. The molecule has 1 aromatic heterocycles. The van der Waals surface area contributed by atoms with Crippen molar-refractivity contribution in [3.63, 3.8) is 0 Å². The molecule has 2 aliphatic carbocycles. The largest absolute Gasteiger partial charge is 0.456 e. The Labute approximate surface area is 190 Å². The number of aryl methyl sites for hydroxylation is 1. The number of amides is 1. The highest BCUT2D eigenvalue weighted by molar-refractivity contribution is 8.26. The molecule has 4 nitrogen and oxygen atoms in total. The van der Waals surface area contributed by atoms with Gasteiger partial charge in [-0.25, -0.2) is 4.39 Å². The third-order valence-corrected chi connectivity index (χ3v) is 8.02. The number of benzene rings is 1. The maximum atomic E-state index is 13.3. The average molecular weight is 458 g/mol. The first kappa shape index (κ1) is 20.9. The first-order valence-corrected chi connectivity index (χ1v) is 12.0. The predicted molar refractivity (Wildman–Crippen MR) is 124 cm³/mol. The van der Waals surface area contributed by atoms with Gasteiger partial charge in [-0.05, 0) is 79.8 Å². The summed E-state index contributed by atoms with van der Waals surface area (Å²) >= 11 is 6.93. The van der Waals surface area contributed by atoms with E-state index in [1.165, 1.54) is 43.2 Å². The number of nitrogens with zero attached hydrogens (tertiary/aromatic N) is 1. The number of hydrogen-bond acceptors (Lipinski definition) is 5. The third kappa shape index (κ3) is 3.99. The minimum absolute atomic E-state index is 0.0274. The van der Waals surface area contributed by atoms with Crippen LogP contribution in [0.15, 0.2) is 39.7 Å². The van der Waals surface area contributed by atoms with Crippen LogP contribution in [-0.4, -0.2) is 32.9 Å². The molecule has 3 unspecified atom stereocenters. The fourth-order valence-corrected chi connectivity index (χ4v) is 6.54. The Morgan fingerprint density at radius 1 is 1.26 bits per heavy atom. The molecule has 2 heterocycles. The standard InChI is InChI=1S/C24H24FNO3S2/c25-18-7-5-15(6-8-18)20-12-17(2-1-9-27)21(29-20)13-22-23(28)26(24(30)31-22)19-11-14-3-4-16(19)10-14/h5-8,12-14,16,19,27H,1-4,9-11H2. The Balaban J connectivity index is 1.44. The van der Waals surface area contributed by atoms with Crippen LogP contribution in [0.5, 0.6) is 0 Å². The molecular weight excluding hydrogens is 433 g/mol. The van der Waals surface area contributed by atoms with Crippen LogP contribution in [0.3, 0.4) is 0 Å². The molecule has 7 heteroatoms. The molecule has 1 N–H and O–H groups in total. The molecule has 2 saturated carbocycles. The zero-order chi connectivity index (χ0) is 21.5. The van der Waals surface area contributed by atoms with Crippen molar-refractivity contribution < 1.29 is 18.7 Å². The lowest BCUT2D eigenvalue weighted by Crippen LogP contribution is -2.41. The van der Waals surface area contributed by atoms with Crippen molar-refractivity contribution >= 4 is 40.3 Å². The summed E-state index contributed by atoms with van der Waals surface area (Å²) in [6.07, 6.45) is 7.74. The van der Waals surface area contributed by atoms with Crippen molar-refractivity contribution in [2.24, 2.45) is 11.8 Å². The first-order valence-electron chi connectivity index (χ1n) is 10.8. The summed E-state index contributed by atoms with van der Waals surface area (Å²) in [5.41, 5.74) is 1.68. The van der Waals surface area contributed by atoms with E-state index < -0.39 is 0 Å². The number of halogens is 1. The van der Waals surface area contributed by atoms with Gasteiger partial charge in [0.2, 0.25) is 0 Å². The molecule has 5 rings (SSSR count). The Morgan fingerprint density at radius 3 is 2.74 bits per heavy atom. The summed E-state index contributed by atoms with van der Waals surface area (Å²) in [4.78, 5) is 15.7. The van der Waals surface area contributed by atoms with Gasteiger partial charge in [-0.3, -0.25) is 9.69 Å². The van der Waals surface area contributed by atoms with E-state index in [1.54, 1.807) is 18.2 Å². The summed E-state index contributed by atoms with van der Waals surface area (Å²) in [5.74, 6) is 2.18. The molecule has 1 saturated heterocycles. The summed E-state index contributed by atoms with van der Waals surface area (Å²) in [6, 6.07) is 8.27. The molecule has 2 aromatic rings. The third-order valence-electron chi connectivity index (χ3n) is 6.69. The number of furan rings is 1. The summed E-state index contributed by atoms with van der Waals surface area (Å²) < 4.78 is 20.0. The van der Waals surface area contributed by atoms with Gasteiger partial charge in [0.25, 0.3) is 5.91 Å². The number of thiocarbonyl (C=S) groups is 1. The van der Waals surface area contributed by atoms with Crippen molar-refractivity contribution in [2.75, 3.05) is 6.61 Å². The van der Waals surface area contributed by atoms with Gasteiger partial charge < -0.3 is 9.52 Å². The number of fused-ring (bicyclic) bond motifs is 2. The zero-order valence-electron chi connectivity index (χ0n) is 17.1. The Hall–Kier alpha value is -1.96. The number of hydrogen-bond donors (Lipinski definition) is 1. The lowest BCUT2D eigenvalue weighted by Gasteiger charge is -2.30. The van der Waals surface area contributed by atoms with Crippen molar-refractivity contribution in [3.8, 4) is 11.3 Å². The second kappa shape index (κ2) is 8.52. The van der Waals surface area contributed by atoms with Gasteiger partial charge in [0, 0.05) is 24.3 Å². The molecule has 1 aliphatic heterocycles. The van der Waals surface area contributed by atoms with E-state index >= 15 is 0 Å². The molecule has 162 valence electrons. The lowest BCUT2D eigenvalue weighted by atomic mass is 9.94. The van der Waals surface area contributed by atoms with E-state index in [9.17, 15) is 14.3 Å². The van der Waals surface area contributed by atoms with Crippen LogP contribution >= 0.6 is 24.0 Å². The van der Waals surface area contributed by atoms with Crippen LogP contribution in [0.25, 0.3) is 17.4 Å². The molecule has 2 bridgehead atoms. The van der Waals surface area contributed by atoms with Gasteiger partial charge in [0.1, 0.15) is 21.7 Å². The monoisotopic (exact) mass is 457 g/mol. The summed E-state index contributed by atoms with van der Waals surface area (Å²) in [7, 11) is 0. The van der Waals surface area contributed by atoms with Crippen molar-refractivity contribution in [2.45, 2.75) is 44.6 Å². The zero-order valence-corrected chi connectivity index (χ0v) is 18.7. The molecule has 1 amide bonds. The van der Waals surface area contributed by atoms with E-state index in [-0.39, 0.29) is 24.4 Å². The minimum atomic E-state index is -0.305. The van der Waals surface area contributed by atoms with Crippen LogP contribution in [0.4, 0.5) is 4.39 Å². The van der Waals surface area contributed by atoms with E-state index in [0.29, 0.717) is 39.5 Å². The first-order chi connectivity index (χ1) is 15.0. The minimum Gasteiger partial charge on any atom is -0.456 e. The van der Waals surface area contributed by atoms with Gasteiger partial charge in [-0.1, -0.05) is 30.4 Å². The fourth-order valence-electron chi connectivity index (χ4n) is 5.20. The Bertz CT molecular complexity index is 1050. The van der Waals surface area contributed by atoms with E-state index in [0.717, 1.165) is 23.5 Å². The smallest absolute Gasteiger partial charge is 0.266 e. The van der Waals surface area contributed by atoms with Crippen LogP contribution in [0, 0.1) is 17.7 Å². The average Bonchev–Trinajstić information content (AvgIpc) is 3.52. The van der Waals surface area contributed by atoms with Crippen LogP contribution < -0.4 is 0 Å². The van der Waals surface area contributed by atoms with Gasteiger partial charge in [0.15, 0.2) is 0 Å². The molecule has 3 aliphatic rings. The Kier molecular flexibility index (Phi) is 5.75. The normalized spacial score (nSPS) is 26.6. The maximum Gasteiger partial charge on any atom is 0.266 e. The van der Waals surface area contributed by atoms with Gasteiger partial charge in [0.05, 0.1) is 4.91 Å². The number of aliphatic hydroxyl groups is 1. The molecule has 31 heavy (non-hydrogen) atoms. The van der Waals surface area contributed by atoms with Crippen LogP contribution in [0.1, 0.15) is 43.4 Å². The van der Waals surface area contributed by atoms with Crippen molar-refractivity contribution in [3.05, 3.63) is 52.4 Å². The topological polar surface area (TPSA) is 53.7 Å². The number of carbonyl (C=O) groups is 1. The Morgan fingerprint density at radius 2 is 2.06 bits per heavy atom. The fraction of sp³-hybridized carbons (Fsp3) is 0.417. The number of carbonyl (C=O) groups excluding carboxylic acids is 1. The van der Waals surface area contributed by atoms with E-state index in [1.807, 2.05) is 11.0 Å². The van der Waals surface area contributed by atoms with E-state index in [4.69, 9.17) is 16.6 Å². The number of thioether (sulfide) groups is 1. The number of aliphatic hydroxyl groups excluding tert-OH is 1. The molecule has 0 radical (unpaired) electrons. The highest BCUT2D eigenvalue weighted by atomic mass is 32.2. The van der Waals surface area contributed by atoms with Gasteiger partial charge >= 0.3 is 0 Å². The maximum absolute atomic E-state index is 13.3. The van der Waals surface area contributed by atoms with Gasteiger partial charge in [-0.2, -0.15) is 0 Å². The van der Waals surface area contributed by atoms with E-state index in [2.05, 4.69) is 0 Å². The molecule has 0 spiro atoms. The molecule has 1 aromatic carbocycles. The molecule has 3 atom stereocenters. The second-order valence-corrected chi connectivity index (χ2v) is 10.3. The lowest BCUT2D eigenvalue weighted by molar-refractivity contribution is -0.124. The molecular formula is C24H24FNO3S2. The number of rotatable bonds is 6. The van der Waals surface area contributed by atoms with Crippen molar-refractivity contribution in [1.29, 1.82) is 0 Å². The van der Waals surface area contributed by atoms with Gasteiger partial charge in [-0.15, -0.1) is 0 Å². The summed E-state index contributed by atoms with van der Waals surface area (Å²) in [5, 5.41) is 9.27. The second-order valence-electron chi connectivity index (χ2n) is 8.63.